The predicted octanol–water partition coefficient (Wildman–Crippen LogP) is 2.40. The molecule has 0 bridgehead atoms. The number of aromatic nitrogens is 2. The number of hydrogen-bond acceptors (Lipinski definition) is 4. The highest BCUT2D eigenvalue weighted by Crippen LogP contribution is 2.25. The topological polar surface area (TPSA) is 90.5 Å². The van der Waals surface area contributed by atoms with Gasteiger partial charge in [0.1, 0.15) is 5.82 Å². The third-order valence-corrected chi connectivity index (χ3v) is 4.98. The highest BCUT2D eigenvalue weighted by molar-refractivity contribution is 5.93. The molecule has 0 saturated carbocycles. The molecule has 0 radical (unpaired) electrons. The molecule has 1 fully saturated rings. The second-order valence-electron chi connectivity index (χ2n) is 7.10. The Morgan fingerprint density at radius 1 is 1.13 bits per heavy atom. The number of halogens is 1. The van der Waals surface area contributed by atoms with Gasteiger partial charge in [-0.15, -0.1) is 0 Å². The van der Waals surface area contributed by atoms with Crippen molar-refractivity contribution in [2.24, 2.45) is 5.73 Å². The number of ether oxygens (including phenoxy) is 1. The van der Waals surface area contributed by atoms with E-state index >= 15 is 0 Å². The van der Waals surface area contributed by atoms with E-state index in [0.29, 0.717) is 17.8 Å². The molecule has 1 saturated heterocycles. The number of amides is 2. The van der Waals surface area contributed by atoms with Crippen molar-refractivity contribution in [2.75, 3.05) is 19.7 Å². The molecule has 1 aliphatic rings. The van der Waals surface area contributed by atoms with Crippen LogP contribution in [-0.4, -0.2) is 52.3 Å². The molecular formula is C23H21FN4O3. The Balaban J connectivity index is 1.63. The van der Waals surface area contributed by atoms with E-state index in [9.17, 15) is 14.0 Å². The zero-order valence-electron chi connectivity index (χ0n) is 16.6. The Morgan fingerprint density at radius 3 is 2.58 bits per heavy atom. The fourth-order valence-corrected chi connectivity index (χ4v) is 3.34. The molecule has 3 aromatic rings. The van der Waals surface area contributed by atoms with Crippen molar-refractivity contribution in [2.45, 2.75) is 6.10 Å². The lowest BCUT2D eigenvalue weighted by Crippen LogP contribution is -2.50. The summed E-state index contributed by atoms with van der Waals surface area (Å²) in [7, 11) is 0. The number of nitrogens with two attached hydrogens (primary N) is 1. The number of para-hydroxylation sites is 1. The number of primary amides is 1. The number of carbonyl (C=O) groups is 2. The molecule has 2 N–H and O–H groups in total. The third-order valence-electron chi connectivity index (χ3n) is 4.98. The molecule has 7 nitrogen and oxygen atoms in total. The van der Waals surface area contributed by atoms with Crippen LogP contribution < -0.4 is 5.73 Å². The Morgan fingerprint density at radius 2 is 1.87 bits per heavy atom. The van der Waals surface area contributed by atoms with Gasteiger partial charge in [0.2, 0.25) is 11.8 Å². The molecule has 31 heavy (non-hydrogen) atoms. The van der Waals surface area contributed by atoms with Gasteiger partial charge in [-0.05, 0) is 42.5 Å². The zero-order valence-corrected chi connectivity index (χ0v) is 16.6. The lowest BCUT2D eigenvalue weighted by molar-refractivity contribution is -0.142. The molecule has 158 valence electrons. The van der Waals surface area contributed by atoms with Crippen LogP contribution >= 0.6 is 0 Å². The lowest BCUT2D eigenvalue weighted by Gasteiger charge is -2.30. The molecule has 4 rings (SSSR count). The fraction of sp³-hybridized carbons (Fsp3) is 0.174. The van der Waals surface area contributed by atoms with E-state index in [2.05, 4.69) is 5.10 Å². The highest BCUT2D eigenvalue weighted by atomic mass is 19.1. The molecule has 2 heterocycles. The van der Waals surface area contributed by atoms with Crippen molar-refractivity contribution >= 4 is 17.9 Å². The summed E-state index contributed by atoms with van der Waals surface area (Å²) in [5.74, 6) is -1.19. The van der Waals surface area contributed by atoms with Crippen LogP contribution in [0, 0.1) is 5.82 Å². The molecule has 0 spiro atoms. The van der Waals surface area contributed by atoms with E-state index in [0.717, 1.165) is 11.3 Å². The van der Waals surface area contributed by atoms with Gasteiger partial charge in [0.25, 0.3) is 0 Å². The van der Waals surface area contributed by atoms with Crippen molar-refractivity contribution < 1.29 is 18.7 Å². The van der Waals surface area contributed by atoms with Crippen molar-refractivity contribution in [1.82, 2.24) is 14.7 Å². The van der Waals surface area contributed by atoms with Crippen LogP contribution in [0.3, 0.4) is 0 Å². The predicted molar refractivity (Wildman–Crippen MR) is 114 cm³/mol. The van der Waals surface area contributed by atoms with E-state index in [1.807, 2.05) is 36.5 Å². The maximum absolute atomic E-state index is 13.4. The number of benzene rings is 2. The minimum Gasteiger partial charge on any atom is -0.367 e. The monoisotopic (exact) mass is 420 g/mol. The molecule has 1 unspecified atom stereocenters. The number of rotatable bonds is 5. The Hall–Kier alpha value is -3.78. The van der Waals surface area contributed by atoms with Gasteiger partial charge in [-0.2, -0.15) is 5.10 Å². The van der Waals surface area contributed by atoms with Crippen molar-refractivity contribution in [3.05, 3.63) is 78.3 Å². The molecule has 1 aromatic heterocycles. The molecular weight excluding hydrogens is 399 g/mol. The quantitative estimate of drug-likeness (QED) is 0.642. The second kappa shape index (κ2) is 8.93. The van der Waals surface area contributed by atoms with Crippen LogP contribution in [-0.2, 0) is 14.3 Å². The summed E-state index contributed by atoms with van der Waals surface area (Å²) in [6, 6.07) is 15.6. The number of hydrogen-bond donors (Lipinski definition) is 1. The smallest absolute Gasteiger partial charge is 0.248 e. The molecule has 1 atom stereocenters. The second-order valence-corrected chi connectivity index (χ2v) is 7.10. The first-order valence-corrected chi connectivity index (χ1v) is 9.80. The van der Waals surface area contributed by atoms with Gasteiger partial charge < -0.3 is 15.4 Å². The van der Waals surface area contributed by atoms with Gasteiger partial charge in [-0.1, -0.05) is 18.2 Å². The van der Waals surface area contributed by atoms with E-state index < -0.39 is 12.0 Å². The summed E-state index contributed by atoms with van der Waals surface area (Å²) in [6.07, 6.45) is 4.11. The maximum atomic E-state index is 13.4. The van der Waals surface area contributed by atoms with Crippen LogP contribution in [0.5, 0.6) is 0 Å². The van der Waals surface area contributed by atoms with E-state index in [1.165, 1.54) is 23.1 Å². The largest absolute Gasteiger partial charge is 0.367 e. The van der Waals surface area contributed by atoms with Crippen molar-refractivity contribution in [1.29, 1.82) is 0 Å². The highest BCUT2D eigenvalue weighted by Gasteiger charge is 2.26. The summed E-state index contributed by atoms with van der Waals surface area (Å²) < 4.78 is 20.4. The van der Waals surface area contributed by atoms with Crippen molar-refractivity contribution in [3.8, 4) is 16.9 Å². The molecule has 2 amide bonds. The van der Waals surface area contributed by atoms with Gasteiger partial charge in [-0.3, -0.25) is 9.59 Å². The zero-order chi connectivity index (χ0) is 21.8. The summed E-state index contributed by atoms with van der Waals surface area (Å²) in [6.45, 7) is 0.744. The van der Waals surface area contributed by atoms with Gasteiger partial charge in [0, 0.05) is 29.9 Å². The summed E-state index contributed by atoms with van der Waals surface area (Å²) in [5.41, 5.74) is 8.18. The SMILES string of the molecule is NC(=O)C1CN(C(=O)/C=C/c2cn(-c3ccccc3)nc2-c2ccc(F)cc2)CCO1. The summed E-state index contributed by atoms with van der Waals surface area (Å²) in [4.78, 5) is 25.6. The first kappa shape index (κ1) is 20.5. The van der Waals surface area contributed by atoms with Crippen LogP contribution in [0.2, 0.25) is 0 Å². The van der Waals surface area contributed by atoms with Gasteiger partial charge in [-0.25, -0.2) is 9.07 Å². The Bertz CT molecular complexity index is 1110. The minimum atomic E-state index is -0.804. The number of morpholine rings is 1. The molecule has 0 aliphatic carbocycles. The van der Waals surface area contributed by atoms with Crippen LogP contribution in [0.1, 0.15) is 5.56 Å². The normalized spacial score (nSPS) is 16.5. The summed E-state index contributed by atoms with van der Waals surface area (Å²) in [5, 5.41) is 4.64. The Labute approximate surface area is 178 Å². The van der Waals surface area contributed by atoms with Crippen LogP contribution in [0.25, 0.3) is 23.0 Å². The minimum absolute atomic E-state index is 0.118. The van der Waals surface area contributed by atoms with Gasteiger partial charge in [0.15, 0.2) is 6.10 Å². The lowest BCUT2D eigenvalue weighted by atomic mass is 10.1. The molecule has 2 aromatic carbocycles. The van der Waals surface area contributed by atoms with Gasteiger partial charge >= 0.3 is 0 Å². The maximum Gasteiger partial charge on any atom is 0.248 e. The van der Waals surface area contributed by atoms with Crippen LogP contribution in [0.15, 0.2) is 66.9 Å². The van der Waals surface area contributed by atoms with Crippen LogP contribution in [0.4, 0.5) is 4.39 Å². The standard InChI is InChI=1S/C23H21FN4O3/c24-18-9-6-16(7-10-18)22-17(14-28(26-22)19-4-2-1-3-5-19)8-11-21(29)27-12-13-31-20(15-27)23(25)30/h1-11,14,20H,12-13,15H2,(H2,25,30)/b11-8+. The van der Waals surface area contributed by atoms with Gasteiger partial charge in [0.05, 0.1) is 24.5 Å². The van der Waals surface area contributed by atoms with E-state index in [-0.39, 0.29) is 24.9 Å². The molecule has 1 aliphatic heterocycles. The average molecular weight is 420 g/mol. The first-order valence-electron chi connectivity index (χ1n) is 9.80. The summed E-state index contributed by atoms with van der Waals surface area (Å²) >= 11 is 0. The number of nitrogens with zero attached hydrogens (tertiary/aromatic N) is 3. The van der Waals surface area contributed by atoms with E-state index in [1.54, 1.807) is 22.9 Å². The average Bonchev–Trinajstić information content (AvgIpc) is 3.23. The third kappa shape index (κ3) is 4.70. The molecule has 8 heteroatoms. The van der Waals surface area contributed by atoms with Crippen molar-refractivity contribution in [3.63, 3.8) is 0 Å². The number of carbonyl (C=O) groups excluding carboxylic acids is 2. The Kier molecular flexibility index (Phi) is 5.90. The first-order chi connectivity index (χ1) is 15.0. The fourth-order valence-electron chi connectivity index (χ4n) is 3.34. The van der Waals surface area contributed by atoms with E-state index in [4.69, 9.17) is 10.5 Å².